The van der Waals surface area contributed by atoms with E-state index in [0.29, 0.717) is 18.6 Å². The number of piperidine rings is 1. The van der Waals surface area contributed by atoms with Crippen molar-refractivity contribution < 1.29 is 9.53 Å². The van der Waals surface area contributed by atoms with E-state index in [9.17, 15) is 4.79 Å². The van der Waals surface area contributed by atoms with Crippen molar-refractivity contribution >= 4 is 5.91 Å². The van der Waals surface area contributed by atoms with Gasteiger partial charge in [0.1, 0.15) is 6.61 Å². The lowest BCUT2D eigenvalue weighted by atomic mass is 10.0. The topological polar surface area (TPSA) is 50.4 Å². The Labute approximate surface area is 111 Å². The number of ether oxygens (including phenoxy) is 1. The molecule has 0 radical (unpaired) electrons. The fraction of sp³-hybridized carbons (Fsp3) is 0.929. The van der Waals surface area contributed by atoms with Crippen LogP contribution in [0.5, 0.6) is 0 Å². The summed E-state index contributed by atoms with van der Waals surface area (Å²) in [6, 6.07) is 0.586. The molecular weight excluding hydrogens is 228 g/mol. The Kier molecular flexibility index (Phi) is 8.01. The molecule has 1 fully saturated rings. The summed E-state index contributed by atoms with van der Waals surface area (Å²) in [5, 5.41) is 6.35. The zero-order valence-corrected chi connectivity index (χ0v) is 11.8. The average Bonchev–Trinajstić information content (AvgIpc) is 2.35. The predicted molar refractivity (Wildman–Crippen MR) is 73.5 cm³/mol. The molecular formula is C14H28N2O2. The highest BCUT2D eigenvalue weighted by Crippen LogP contribution is 2.09. The number of hydrogen-bond donors (Lipinski definition) is 2. The van der Waals surface area contributed by atoms with Crippen LogP contribution < -0.4 is 10.6 Å². The first-order valence-electron chi connectivity index (χ1n) is 7.26. The van der Waals surface area contributed by atoms with E-state index in [2.05, 4.69) is 24.5 Å². The predicted octanol–water partition coefficient (Wildman–Crippen LogP) is 1.70. The third kappa shape index (κ3) is 7.67. The van der Waals surface area contributed by atoms with Crippen molar-refractivity contribution in [2.75, 3.05) is 26.3 Å². The molecule has 1 heterocycles. The van der Waals surface area contributed by atoms with Gasteiger partial charge in [-0.15, -0.1) is 0 Å². The Bertz CT molecular complexity index is 226. The van der Waals surface area contributed by atoms with Crippen molar-refractivity contribution in [2.45, 2.75) is 52.0 Å². The van der Waals surface area contributed by atoms with Gasteiger partial charge < -0.3 is 15.4 Å². The van der Waals surface area contributed by atoms with Gasteiger partial charge in [0.15, 0.2) is 0 Å². The fourth-order valence-electron chi connectivity index (χ4n) is 2.11. The van der Waals surface area contributed by atoms with Crippen molar-refractivity contribution in [1.82, 2.24) is 10.6 Å². The van der Waals surface area contributed by atoms with Crippen LogP contribution in [0.25, 0.3) is 0 Å². The summed E-state index contributed by atoms with van der Waals surface area (Å²) >= 11 is 0. The van der Waals surface area contributed by atoms with Crippen LogP contribution in [0.15, 0.2) is 0 Å². The van der Waals surface area contributed by atoms with Crippen molar-refractivity contribution in [3.8, 4) is 0 Å². The summed E-state index contributed by atoms with van der Waals surface area (Å²) < 4.78 is 5.40. The zero-order chi connectivity index (χ0) is 13.2. The largest absolute Gasteiger partial charge is 0.372 e. The van der Waals surface area contributed by atoms with E-state index in [1.165, 1.54) is 19.3 Å². The van der Waals surface area contributed by atoms with Gasteiger partial charge in [-0.1, -0.05) is 20.3 Å². The molecule has 0 bridgehead atoms. The lowest BCUT2D eigenvalue weighted by Gasteiger charge is -2.23. The summed E-state index contributed by atoms with van der Waals surface area (Å²) in [6.45, 7) is 7.06. The van der Waals surface area contributed by atoms with E-state index in [0.717, 1.165) is 25.9 Å². The number of hydrogen-bond acceptors (Lipinski definition) is 3. The van der Waals surface area contributed by atoms with Crippen molar-refractivity contribution in [3.63, 3.8) is 0 Å². The maximum Gasteiger partial charge on any atom is 0.245 e. The van der Waals surface area contributed by atoms with Crippen LogP contribution >= 0.6 is 0 Å². The number of nitrogens with one attached hydrogen (secondary N) is 2. The Hall–Kier alpha value is -0.610. The molecule has 1 unspecified atom stereocenters. The first-order valence-corrected chi connectivity index (χ1v) is 7.26. The minimum atomic E-state index is 0.00672. The van der Waals surface area contributed by atoms with Gasteiger partial charge in [-0.3, -0.25) is 4.79 Å². The van der Waals surface area contributed by atoms with E-state index in [-0.39, 0.29) is 12.5 Å². The highest BCUT2D eigenvalue weighted by atomic mass is 16.5. The SMILES string of the molecule is CC(C)CCNC(=O)COCCC1CCCCN1. The van der Waals surface area contributed by atoms with Gasteiger partial charge in [0, 0.05) is 19.2 Å². The van der Waals surface area contributed by atoms with Gasteiger partial charge >= 0.3 is 0 Å². The zero-order valence-electron chi connectivity index (χ0n) is 11.8. The van der Waals surface area contributed by atoms with E-state index >= 15 is 0 Å². The van der Waals surface area contributed by atoms with E-state index in [1.807, 2.05) is 0 Å². The van der Waals surface area contributed by atoms with Crippen LogP contribution in [0.1, 0.15) is 46.0 Å². The Morgan fingerprint density at radius 3 is 2.94 bits per heavy atom. The highest BCUT2D eigenvalue weighted by Gasteiger charge is 2.12. The second-order valence-electron chi connectivity index (χ2n) is 5.52. The van der Waals surface area contributed by atoms with Gasteiger partial charge in [-0.25, -0.2) is 0 Å². The number of carbonyl (C=O) groups is 1. The summed E-state index contributed by atoms with van der Waals surface area (Å²) in [5.74, 6) is 0.635. The molecule has 1 rings (SSSR count). The first kappa shape index (κ1) is 15.4. The minimum Gasteiger partial charge on any atom is -0.372 e. The average molecular weight is 256 g/mol. The molecule has 0 aliphatic carbocycles. The van der Waals surface area contributed by atoms with E-state index < -0.39 is 0 Å². The van der Waals surface area contributed by atoms with Crippen LogP contribution in [0.3, 0.4) is 0 Å². The molecule has 0 saturated carbocycles. The Balaban J connectivity index is 1.91. The summed E-state index contributed by atoms with van der Waals surface area (Å²) in [6.07, 6.45) is 5.88. The highest BCUT2D eigenvalue weighted by molar-refractivity contribution is 5.77. The standard InChI is InChI=1S/C14H28N2O2/c1-12(2)6-9-16-14(17)11-18-10-7-13-5-3-4-8-15-13/h12-13,15H,3-11H2,1-2H3,(H,16,17). The van der Waals surface area contributed by atoms with Crippen LogP contribution in [-0.4, -0.2) is 38.3 Å². The lowest BCUT2D eigenvalue weighted by molar-refractivity contribution is -0.125. The Morgan fingerprint density at radius 1 is 1.44 bits per heavy atom. The fourth-order valence-corrected chi connectivity index (χ4v) is 2.11. The molecule has 0 spiro atoms. The van der Waals surface area contributed by atoms with Gasteiger partial charge in [-0.05, 0) is 38.1 Å². The maximum atomic E-state index is 11.4. The number of rotatable bonds is 8. The summed E-state index contributed by atoms with van der Waals surface area (Å²) in [5.41, 5.74) is 0. The van der Waals surface area contributed by atoms with Gasteiger partial charge in [0.25, 0.3) is 0 Å². The molecule has 18 heavy (non-hydrogen) atoms. The molecule has 0 aromatic rings. The van der Waals surface area contributed by atoms with Crippen molar-refractivity contribution in [2.24, 2.45) is 5.92 Å². The number of amides is 1. The molecule has 0 aromatic carbocycles. The van der Waals surface area contributed by atoms with Crippen LogP contribution in [-0.2, 0) is 9.53 Å². The molecule has 1 atom stereocenters. The van der Waals surface area contributed by atoms with Crippen LogP contribution in [0, 0.1) is 5.92 Å². The Morgan fingerprint density at radius 2 is 2.28 bits per heavy atom. The van der Waals surface area contributed by atoms with E-state index in [1.54, 1.807) is 0 Å². The quantitative estimate of drug-likeness (QED) is 0.650. The summed E-state index contributed by atoms with van der Waals surface area (Å²) in [7, 11) is 0. The lowest BCUT2D eigenvalue weighted by Crippen LogP contribution is -2.35. The molecule has 106 valence electrons. The molecule has 4 nitrogen and oxygen atoms in total. The van der Waals surface area contributed by atoms with Gasteiger partial charge in [0.05, 0.1) is 0 Å². The van der Waals surface area contributed by atoms with Gasteiger partial charge in [0.2, 0.25) is 5.91 Å². The van der Waals surface area contributed by atoms with Gasteiger partial charge in [-0.2, -0.15) is 0 Å². The third-order valence-electron chi connectivity index (χ3n) is 3.30. The number of carbonyl (C=O) groups excluding carboxylic acids is 1. The van der Waals surface area contributed by atoms with Crippen molar-refractivity contribution in [3.05, 3.63) is 0 Å². The van der Waals surface area contributed by atoms with Crippen LogP contribution in [0.2, 0.25) is 0 Å². The first-order chi connectivity index (χ1) is 8.68. The third-order valence-corrected chi connectivity index (χ3v) is 3.30. The van der Waals surface area contributed by atoms with E-state index in [4.69, 9.17) is 4.74 Å². The molecule has 2 N–H and O–H groups in total. The smallest absolute Gasteiger partial charge is 0.245 e. The normalized spacial score (nSPS) is 20.1. The molecule has 4 heteroatoms. The molecule has 0 aromatic heterocycles. The monoisotopic (exact) mass is 256 g/mol. The minimum absolute atomic E-state index is 0.00672. The maximum absolute atomic E-state index is 11.4. The molecule has 1 amide bonds. The molecule has 1 saturated heterocycles. The second-order valence-corrected chi connectivity index (χ2v) is 5.52. The molecule has 1 aliphatic heterocycles. The second kappa shape index (κ2) is 9.34. The van der Waals surface area contributed by atoms with Crippen molar-refractivity contribution in [1.29, 1.82) is 0 Å². The summed E-state index contributed by atoms with van der Waals surface area (Å²) in [4.78, 5) is 11.4. The van der Waals surface area contributed by atoms with Crippen LogP contribution in [0.4, 0.5) is 0 Å². The molecule has 1 aliphatic rings.